The molecule has 0 radical (unpaired) electrons. The van der Waals surface area contributed by atoms with Gasteiger partial charge >= 0.3 is 5.69 Å². The molecule has 2 heterocycles. The number of aromatic nitrogens is 2. The van der Waals surface area contributed by atoms with Gasteiger partial charge in [-0.3, -0.25) is 14.3 Å². The summed E-state index contributed by atoms with van der Waals surface area (Å²) in [5.74, 6) is -0.413. The highest BCUT2D eigenvalue weighted by molar-refractivity contribution is 7.89. The van der Waals surface area contributed by atoms with Crippen molar-refractivity contribution in [1.29, 1.82) is 0 Å². The molecule has 0 unspecified atom stereocenters. The molecule has 1 aromatic carbocycles. The van der Waals surface area contributed by atoms with Gasteiger partial charge in [0.2, 0.25) is 10.0 Å². The molecule has 1 aliphatic heterocycles. The van der Waals surface area contributed by atoms with Gasteiger partial charge in [0.25, 0.3) is 5.56 Å². The van der Waals surface area contributed by atoms with Crippen LogP contribution in [0.15, 0.2) is 38.9 Å². The van der Waals surface area contributed by atoms with Crippen molar-refractivity contribution < 1.29 is 12.8 Å². The molecule has 11 heteroatoms. The molecule has 1 fully saturated rings. The van der Waals surface area contributed by atoms with E-state index in [0.717, 1.165) is 20.9 Å². The van der Waals surface area contributed by atoms with E-state index in [1.54, 1.807) is 6.07 Å². The Bertz CT molecular complexity index is 1120. The summed E-state index contributed by atoms with van der Waals surface area (Å²) in [5, 5.41) is 0.323. The summed E-state index contributed by atoms with van der Waals surface area (Å²) in [5.41, 5.74) is -0.681. The first kappa shape index (κ1) is 20.7. The van der Waals surface area contributed by atoms with Crippen LogP contribution in [0.5, 0.6) is 0 Å². The number of sulfonamides is 1. The molecule has 1 aliphatic rings. The summed E-state index contributed by atoms with van der Waals surface area (Å²) in [7, 11) is -1.39. The fourth-order valence-electron chi connectivity index (χ4n) is 3.11. The van der Waals surface area contributed by atoms with E-state index in [4.69, 9.17) is 11.6 Å². The van der Waals surface area contributed by atoms with Crippen LogP contribution < -0.4 is 11.2 Å². The Morgan fingerprint density at radius 1 is 1.11 bits per heavy atom. The highest BCUT2D eigenvalue weighted by Gasteiger charge is 2.31. The molecule has 3 rings (SSSR count). The number of hydrogen-bond donors (Lipinski definition) is 0. The lowest BCUT2D eigenvalue weighted by Crippen LogP contribution is -2.50. The third kappa shape index (κ3) is 3.90. The van der Waals surface area contributed by atoms with Gasteiger partial charge in [0.1, 0.15) is 5.82 Å². The maximum Gasteiger partial charge on any atom is 0.330 e. The van der Waals surface area contributed by atoms with Crippen LogP contribution >= 0.6 is 11.6 Å². The highest BCUT2D eigenvalue weighted by atomic mass is 35.5. The predicted octanol–water partition coefficient (Wildman–Crippen LogP) is 0.383. The lowest BCUT2D eigenvalue weighted by molar-refractivity contribution is 0.181. The highest BCUT2D eigenvalue weighted by Crippen LogP contribution is 2.21. The quantitative estimate of drug-likeness (QED) is 0.700. The Morgan fingerprint density at radius 3 is 2.36 bits per heavy atom. The number of piperazine rings is 1. The first-order chi connectivity index (χ1) is 13.1. The fourth-order valence-corrected chi connectivity index (χ4v) is 4.91. The van der Waals surface area contributed by atoms with Crippen molar-refractivity contribution in [1.82, 2.24) is 18.3 Å². The monoisotopic (exact) mass is 430 g/mol. The molecular weight excluding hydrogens is 411 g/mol. The van der Waals surface area contributed by atoms with Gasteiger partial charge in [0.05, 0.1) is 0 Å². The van der Waals surface area contributed by atoms with Crippen LogP contribution in [0.1, 0.15) is 5.56 Å². The lowest BCUT2D eigenvalue weighted by Gasteiger charge is -2.34. The van der Waals surface area contributed by atoms with Gasteiger partial charge in [-0.1, -0.05) is 17.7 Å². The van der Waals surface area contributed by atoms with Crippen molar-refractivity contribution in [2.24, 2.45) is 14.1 Å². The summed E-state index contributed by atoms with van der Waals surface area (Å²) < 4.78 is 42.0. The van der Waals surface area contributed by atoms with E-state index in [9.17, 15) is 22.4 Å². The summed E-state index contributed by atoms with van der Waals surface area (Å²) in [6.07, 6.45) is 1.06. The molecule has 0 N–H and O–H groups in total. The molecule has 8 nitrogen and oxygen atoms in total. The van der Waals surface area contributed by atoms with E-state index < -0.39 is 32.0 Å². The standard InChI is InChI=1S/C17H20ClFN4O4S/c1-20-11-15(16(24)21(2)17(20)25)28(26,27)23-7-5-22(6-8-23)10-12-3-4-13(19)9-14(12)18/h3-4,9,11H,5-8,10H2,1-2H3. The first-order valence-electron chi connectivity index (χ1n) is 8.54. The molecule has 28 heavy (non-hydrogen) atoms. The van der Waals surface area contributed by atoms with Crippen molar-refractivity contribution in [3.63, 3.8) is 0 Å². The third-order valence-corrected chi connectivity index (χ3v) is 7.01. The minimum Gasteiger partial charge on any atom is -0.302 e. The fraction of sp³-hybridized carbons (Fsp3) is 0.412. The van der Waals surface area contributed by atoms with E-state index >= 15 is 0 Å². The van der Waals surface area contributed by atoms with Crippen LogP contribution in [0.2, 0.25) is 5.02 Å². The largest absolute Gasteiger partial charge is 0.330 e. The number of nitrogens with zero attached hydrogens (tertiary/aromatic N) is 4. The molecule has 0 aliphatic carbocycles. The maximum absolute atomic E-state index is 13.2. The Morgan fingerprint density at radius 2 is 1.75 bits per heavy atom. The molecule has 1 aromatic heterocycles. The maximum atomic E-state index is 13.2. The Balaban J connectivity index is 1.76. The number of hydrogen-bond acceptors (Lipinski definition) is 5. The van der Waals surface area contributed by atoms with Crippen molar-refractivity contribution in [2.75, 3.05) is 26.2 Å². The van der Waals surface area contributed by atoms with Gasteiger partial charge in [0.15, 0.2) is 4.90 Å². The minimum absolute atomic E-state index is 0.188. The molecule has 152 valence electrons. The van der Waals surface area contributed by atoms with Crippen molar-refractivity contribution in [3.8, 4) is 0 Å². The zero-order valence-corrected chi connectivity index (χ0v) is 17.0. The molecule has 0 spiro atoms. The van der Waals surface area contributed by atoms with Gasteiger partial charge in [-0.05, 0) is 17.7 Å². The molecule has 0 atom stereocenters. The Hall–Kier alpha value is -2.01. The first-order valence-corrected chi connectivity index (χ1v) is 10.4. The Kier molecular flexibility index (Phi) is 5.76. The van der Waals surface area contributed by atoms with E-state index in [1.807, 2.05) is 4.90 Å². The second kappa shape index (κ2) is 7.78. The summed E-state index contributed by atoms with van der Waals surface area (Å²) in [6.45, 7) is 1.70. The van der Waals surface area contributed by atoms with Crippen LogP contribution in [0.3, 0.4) is 0 Å². The van der Waals surface area contributed by atoms with Gasteiger partial charge in [-0.25, -0.2) is 17.6 Å². The van der Waals surface area contributed by atoms with Crippen LogP contribution in [0, 0.1) is 5.82 Å². The van der Waals surface area contributed by atoms with Gasteiger partial charge in [-0.2, -0.15) is 4.31 Å². The van der Waals surface area contributed by atoms with Gasteiger partial charge in [-0.15, -0.1) is 0 Å². The second-order valence-electron chi connectivity index (χ2n) is 6.67. The minimum atomic E-state index is -4.03. The molecular formula is C17H20ClFN4O4S. The van der Waals surface area contributed by atoms with Gasteiger partial charge in [0, 0.05) is 58.0 Å². The molecule has 2 aromatic rings. The van der Waals surface area contributed by atoms with E-state index in [-0.39, 0.29) is 13.1 Å². The van der Waals surface area contributed by atoms with Crippen LogP contribution in [-0.2, 0) is 30.7 Å². The summed E-state index contributed by atoms with van der Waals surface area (Å²) in [4.78, 5) is 25.7. The molecule has 0 saturated carbocycles. The normalized spacial score (nSPS) is 16.4. The predicted molar refractivity (Wildman–Crippen MR) is 102 cm³/mol. The second-order valence-corrected chi connectivity index (χ2v) is 8.98. The number of aryl methyl sites for hydroxylation is 1. The van der Waals surface area contributed by atoms with E-state index in [1.165, 1.54) is 30.5 Å². The molecule has 0 bridgehead atoms. The van der Waals surface area contributed by atoms with Gasteiger partial charge < -0.3 is 4.57 Å². The van der Waals surface area contributed by atoms with Crippen molar-refractivity contribution in [3.05, 3.63) is 61.6 Å². The number of halogens is 2. The summed E-state index contributed by atoms with van der Waals surface area (Å²) in [6, 6.07) is 4.18. The smallest absolute Gasteiger partial charge is 0.302 e. The average molecular weight is 431 g/mol. The van der Waals surface area contributed by atoms with Crippen LogP contribution in [-0.4, -0.2) is 52.9 Å². The lowest BCUT2D eigenvalue weighted by atomic mass is 10.2. The number of rotatable bonds is 4. The molecule has 0 amide bonds. The van der Waals surface area contributed by atoms with Crippen LogP contribution in [0.25, 0.3) is 0 Å². The summed E-state index contributed by atoms with van der Waals surface area (Å²) >= 11 is 6.05. The zero-order chi connectivity index (χ0) is 20.6. The third-order valence-electron chi connectivity index (χ3n) is 4.77. The van der Waals surface area contributed by atoms with Crippen molar-refractivity contribution in [2.45, 2.75) is 11.4 Å². The van der Waals surface area contributed by atoms with E-state index in [0.29, 0.717) is 24.7 Å². The number of benzene rings is 1. The molecule has 1 saturated heterocycles. The zero-order valence-electron chi connectivity index (χ0n) is 15.4. The average Bonchev–Trinajstić information content (AvgIpc) is 2.65. The topological polar surface area (TPSA) is 84.6 Å². The SMILES string of the molecule is Cn1cc(S(=O)(=O)N2CCN(Cc3ccc(F)cc3Cl)CC2)c(=O)n(C)c1=O. The van der Waals surface area contributed by atoms with Crippen LogP contribution in [0.4, 0.5) is 4.39 Å². The Labute approximate surface area is 166 Å². The van der Waals surface area contributed by atoms with Crippen molar-refractivity contribution >= 4 is 21.6 Å². The van der Waals surface area contributed by atoms with E-state index in [2.05, 4.69) is 0 Å².